The van der Waals surface area contributed by atoms with Gasteiger partial charge in [0.05, 0.1) is 0 Å². The van der Waals surface area contributed by atoms with Crippen LogP contribution in [0.3, 0.4) is 0 Å². The maximum absolute atomic E-state index is 12.4. The summed E-state index contributed by atoms with van der Waals surface area (Å²) < 4.78 is 0. The van der Waals surface area contributed by atoms with Crippen molar-refractivity contribution >= 4 is 5.91 Å². The van der Waals surface area contributed by atoms with Gasteiger partial charge in [0, 0.05) is 31.7 Å². The van der Waals surface area contributed by atoms with Crippen LogP contribution in [0.15, 0.2) is 30.3 Å². The number of nitrogens with zero attached hydrogens (tertiary/aromatic N) is 2. The third-order valence-corrected chi connectivity index (χ3v) is 3.96. The van der Waals surface area contributed by atoms with E-state index in [0.29, 0.717) is 0 Å². The molecule has 2 N–H and O–H groups in total. The van der Waals surface area contributed by atoms with Crippen molar-refractivity contribution in [3.63, 3.8) is 0 Å². The molecule has 1 amide bonds. The largest absolute Gasteiger partial charge is 0.338 e. The minimum absolute atomic E-state index is 0.0322. The molecule has 1 aliphatic rings. The van der Waals surface area contributed by atoms with Crippen LogP contribution in [-0.2, 0) is 4.79 Å². The lowest BCUT2D eigenvalue weighted by Gasteiger charge is -2.42. The summed E-state index contributed by atoms with van der Waals surface area (Å²) in [4.78, 5) is 16.7. The first-order chi connectivity index (χ1) is 9.39. The molecular formula is C16H25N3O. The van der Waals surface area contributed by atoms with Gasteiger partial charge in [0.15, 0.2) is 0 Å². The molecule has 1 aromatic rings. The van der Waals surface area contributed by atoms with Crippen molar-refractivity contribution in [1.29, 1.82) is 0 Å². The number of amides is 1. The van der Waals surface area contributed by atoms with Crippen LogP contribution < -0.4 is 5.73 Å². The molecular weight excluding hydrogens is 250 g/mol. The normalized spacial score (nSPS) is 18.9. The van der Waals surface area contributed by atoms with Crippen LogP contribution in [-0.4, -0.2) is 47.4 Å². The van der Waals surface area contributed by atoms with Crippen LogP contribution in [0.25, 0.3) is 0 Å². The second-order valence-corrected chi connectivity index (χ2v) is 6.37. The van der Waals surface area contributed by atoms with Gasteiger partial charge in [-0.05, 0) is 26.3 Å². The van der Waals surface area contributed by atoms with Crippen molar-refractivity contribution in [1.82, 2.24) is 9.80 Å². The van der Waals surface area contributed by atoms with E-state index in [2.05, 4.69) is 25.7 Å². The van der Waals surface area contributed by atoms with Crippen molar-refractivity contribution in [2.75, 3.05) is 26.2 Å². The lowest BCUT2D eigenvalue weighted by atomic mass is 10.0. The predicted molar refractivity (Wildman–Crippen MR) is 81.3 cm³/mol. The van der Waals surface area contributed by atoms with Gasteiger partial charge < -0.3 is 10.6 Å². The summed E-state index contributed by atoms with van der Waals surface area (Å²) in [6.07, 6.45) is 0. The third-order valence-electron chi connectivity index (χ3n) is 3.96. The standard InChI is InChI=1S/C16H25N3O/c1-16(2,3)19-11-9-18(10-12-19)15(20)14(17)13-7-5-4-6-8-13/h4-8,14H,9-12,17H2,1-3H3/t14-/m0/s1. The van der Waals surface area contributed by atoms with Gasteiger partial charge in [-0.2, -0.15) is 0 Å². The number of rotatable bonds is 2. The van der Waals surface area contributed by atoms with Crippen LogP contribution in [0.2, 0.25) is 0 Å². The fraction of sp³-hybridized carbons (Fsp3) is 0.562. The predicted octanol–water partition coefficient (Wildman–Crippen LogP) is 1.63. The van der Waals surface area contributed by atoms with E-state index >= 15 is 0 Å². The Bertz CT molecular complexity index is 445. The molecule has 2 rings (SSSR count). The lowest BCUT2D eigenvalue weighted by molar-refractivity contribution is -0.135. The van der Waals surface area contributed by atoms with E-state index in [1.807, 2.05) is 35.2 Å². The van der Waals surface area contributed by atoms with Gasteiger partial charge >= 0.3 is 0 Å². The fourth-order valence-corrected chi connectivity index (χ4v) is 2.60. The number of benzene rings is 1. The van der Waals surface area contributed by atoms with Gasteiger partial charge in [-0.25, -0.2) is 0 Å². The first-order valence-electron chi connectivity index (χ1n) is 7.24. The zero-order valence-electron chi connectivity index (χ0n) is 12.7. The van der Waals surface area contributed by atoms with E-state index in [9.17, 15) is 4.79 Å². The van der Waals surface area contributed by atoms with Crippen LogP contribution in [0, 0.1) is 0 Å². The van der Waals surface area contributed by atoms with Crippen molar-refractivity contribution in [2.45, 2.75) is 32.4 Å². The first kappa shape index (κ1) is 15.0. The lowest BCUT2D eigenvalue weighted by Crippen LogP contribution is -2.55. The second kappa shape index (κ2) is 5.94. The molecule has 0 unspecified atom stereocenters. The summed E-state index contributed by atoms with van der Waals surface area (Å²) in [6, 6.07) is 9.04. The quantitative estimate of drug-likeness (QED) is 0.892. The Kier molecular flexibility index (Phi) is 4.45. The molecule has 0 spiro atoms. The Morgan fingerprint density at radius 2 is 1.65 bits per heavy atom. The summed E-state index contributed by atoms with van der Waals surface area (Å²) in [7, 11) is 0. The molecule has 0 saturated carbocycles. The zero-order valence-corrected chi connectivity index (χ0v) is 12.7. The van der Waals surface area contributed by atoms with E-state index in [-0.39, 0.29) is 11.4 Å². The van der Waals surface area contributed by atoms with Crippen molar-refractivity contribution in [3.8, 4) is 0 Å². The highest BCUT2D eigenvalue weighted by molar-refractivity contribution is 5.83. The van der Waals surface area contributed by atoms with Gasteiger partial charge in [0.2, 0.25) is 5.91 Å². The van der Waals surface area contributed by atoms with E-state index in [1.54, 1.807) is 0 Å². The highest BCUT2D eigenvalue weighted by Gasteiger charge is 2.30. The van der Waals surface area contributed by atoms with Crippen LogP contribution in [0.1, 0.15) is 32.4 Å². The molecule has 1 fully saturated rings. The molecule has 1 atom stereocenters. The number of hydrogen-bond donors (Lipinski definition) is 1. The Morgan fingerprint density at radius 1 is 1.10 bits per heavy atom. The summed E-state index contributed by atoms with van der Waals surface area (Å²) in [5, 5.41) is 0. The molecule has 4 heteroatoms. The van der Waals surface area contributed by atoms with Crippen LogP contribution in [0.4, 0.5) is 0 Å². The second-order valence-electron chi connectivity index (χ2n) is 6.37. The summed E-state index contributed by atoms with van der Waals surface area (Å²) >= 11 is 0. The Labute approximate surface area is 121 Å². The molecule has 4 nitrogen and oxygen atoms in total. The number of carbonyl (C=O) groups is 1. The molecule has 20 heavy (non-hydrogen) atoms. The molecule has 0 aromatic heterocycles. The van der Waals surface area contributed by atoms with Gasteiger partial charge in [0.25, 0.3) is 0 Å². The molecule has 0 aliphatic carbocycles. The Morgan fingerprint density at radius 3 is 2.15 bits per heavy atom. The summed E-state index contributed by atoms with van der Waals surface area (Å²) in [5.74, 6) is 0.0322. The Hall–Kier alpha value is -1.39. The van der Waals surface area contributed by atoms with E-state index < -0.39 is 6.04 Å². The highest BCUT2D eigenvalue weighted by atomic mass is 16.2. The summed E-state index contributed by atoms with van der Waals surface area (Å²) in [5.41, 5.74) is 7.13. The third kappa shape index (κ3) is 3.38. The van der Waals surface area contributed by atoms with Gasteiger partial charge in [-0.3, -0.25) is 9.69 Å². The molecule has 1 saturated heterocycles. The molecule has 1 aliphatic heterocycles. The molecule has 1 aromatic carbocycles. The van der Waals surface area contributed by atoms with E-state index in [1.165, 1.54) is 0 Å². The van der Waals surface area contributed by atoms with Crippen molar-refractivity contribution in [2.24, 2.45) is 5.73 Å². The van der Waals surface area contributed by atoms with Gasteiger partial charge in [0.1, 0.15) is 6.04 Å². The minimum atomic E-state index is -0.544. The van der Waals surface area contributed by atoms with E-state index in [0.717, 1.165) is 31.7 Å². The average Bonchev–Trinajstić information content (AvgIpc) is 2.46. The van der Waals surface area contributed by atoms with Crippen molar-refractivity contribution in [3.05, 3.63) is 35.9 Å². The number of piperazine rings is 1. The highest BCUT2D eigenvalue weighted by Crippen LogP contribution is 2.18. The topological polar surface area (TPSA) is 49.6 Å². The number of carbonyl (C=O) groups excluding carboxylic acids is 1. The molecule has 0 bridgehead atoms. The van der Waals surface area contributed by atoms with E-state index in [4.69, 9.17) is 5.73 Å². The SMILES string of the molecule is CC(C)(C)N1CCN(C(=O)[C@@H](N)c2ccccc2)CC1. The Balaban J connectivity index is 1.95. The fourth-order valence-electron chi connectivity index (χ4n) is 2.60. The molecule has 0 radical (unpaired) electrons. The maximum atomic E-state index is 12.4. The smallest absolute Gasteiger partial charge is 0.244 e. The monoisotopic (exact) mass is 275 g/mol. The van der Waals surface area contributed by atoms with Crippen LogP contribution in [0.5, 0.6) is 0 Å². The molecule has 1 heterocycles. The average molecular weight is 275 g/mol. The van der Waals surface area contributed by atoms with Crippen molar-refractivity contribution < 1.29 is 4.79 Å². The van der Waals surface area contributed by atoms with Gasteiger partial charge in [-0.15, -0.1) is 0 Å². The molecule has 110 valence electrons. The summed E-state index contributed by atoms with van der Waals surface area (Å²) in [6.45, 7) is 9.97. The minimum Gasteiger partial charge on any atom is -0.338 e. The maximum Gasteiger partial charge on any atom is 0.244 e. The zero-order chi connectivity index (χ0) is 14.8. The number of nitrogens with two attached hydrogens (primary N) is 1. The van der Waals surface area contributed by atoms with Crippen LogP contribution >= 0.6 is 0 Å². The first-order valence-corrected chi connectivity index (χ1v) is 7.24. The number of hydrogen-bond acceptors (Lipinski definition) is 3. The van der Waals surface area contributed by atoms with Gasteiger partial charge in [-0.1, -0.05) is 30.3 Å².